The largest absolute Gasteiger partial charge is 0.353 e. The molecule has 1 N–H and O–H groups in total. The Morgan fingerprint density at radius 1 is 0.957 bits per heavy atom. The monoisotopic (exact) mass is 315 g/mol. The molecule has 2 fully saturated rings. The smallest absolute Gasteiger partial charge is 0.204 e. The van der Waals surface area contributed by atoms with Gasteiger partial charge in [-0.3, -0.25) is 0 Å². The maximum atomic E-state index is 13.8. The molecule has 1 heterocycles. The van der Waals surface area contributed by atoms with Gasteiger partial charge in [0.25, 0.3) is 0 Å². The van der Waals surface area contributed by atoms with Crippen molar-refractivity contribution in [3.63, 3.8) is 0 Å². The number of nitrogens with one attached hydrogen (secondary N) is 1. The van der Waals surface area contributed by atoms with E-state index >= 15 is 0 Å². The van der Waals surface area contributed by atoms with Crippen LogP contribution in [0.2, 0.25) is 0 Å². The summed E-state index contributed by atoms with van der Waals surface area (Å²) in [5.41, 5.74) is 1.87. The lowest BCUT2D eigenvalue weighted by Crippen LogP contribution is -2.25. The first-order valence-corrected chi connectivity index (χ1v) is 9.25. The van der Waals surface area contributed by atoms with Crippen LogP contribution in [0.5, 0.6) is 0 Å². The van der Waals surface area contributed by atoms with Gasteiger partial charge in [0.15, 0.2) is 0 Å². The van der Waals surface area contributed by atoms with Gasteiger partial charge in [-0.15, -0.1) is 0 Å². The van der Waals surface area contributed by atoms with Gasteiger partial charge in [-0.1, -0.05) is 38.5 Å². The van der Waals surface area contributed by atoms with E-state index < -0.39 is 0 Å². The second kappa shape index (κ2) is 6.50. The van der Waals surface area contributed by atoms with Crippen LogP contribution in [0.3, 0.4) is 0 Å². The number of aromatic nitrogens is 2. The van der Waals surface area contributed by atoms with Crippen LogP contribution in [0.1, 0.15) is 70.3 Å². The summed E-state index contributed by atoms with van der Waals surface area (Å²) in [7, 11) is 0. The first kappa shape index (κ1) is 15.0. The van der Waals surface area contributed by atoms with E-state index in [0.717, 1.165) is 17.0 Å². The Morgan fingerprint density at radius 2 is 1.65 bits per heavy atom. The molecule has 124 valence electrons. The molecule has 2 aromatic rings. The highest BCUT2D eigenvalue weighted by Crippen LogP contribution is 2.35. The molecule has 0 spiro atoms. The third kappa shape index (κ3) is 3.08. The third-order valence-corrected chi connectivity index (χ3v) is 5.53. The van der Waals surface area contributed by atoms with Gasteiger partial charge in [0.1, 0.15) is 5.82 Å². The van der Waals surface area contributed by atoms with Crippen LogP contribution in [0.25, 0.3) is 11.0 Å². The average molecular weight is 315 g/mol. The highest BCUT2D eigenvalue weighted by atomic mass is 19.1. The summed E-state index contributed by atoms with van der Waals surface area (Å²) in [5, 5.41) is 3.69. The molecular weight excluding hydrogens is 289 g/mol. The summed E-state index contributed by atoms with van der Waals surface area (Å²) in [6.45, 7) is 0. The molecule has 2 saturated carbocycles. The fourth-order valence-electron chi connectivity index (χ4n) is 4.31. The molecule has 0 atom stereocenters. The molecule has 2 aliphatic rings. The van der Waals surface area contributed by atoms with E-state index in [1.54, 1.807) is 6.07 Å². The summed E-state index contributed by atoms with van der Waals surface area (Å²) in [6, 6.07) is 5.97. The highest BCUT2D eigenvalue weighted by Gasteiger charge is 2.23. The topological polar surface area (TPSA) is 29.9 Å². The predicted molar refractivity (Wildman–Crippen MR) is 92.3 cm³/mol. The van der Waals surface area contributed by atoms with E-state index in [0.29, 0.717) is 12.1 Å². The molecule has 0 radical (unpaired) electrons. The van der Waals surface area contributed by atoms with Crippen LogP contribution in [-0.4, -0.2) is 15.6 Å². The first-order chi connectivity index (χ1) is 11.3. The van der Waals surface area contributed by atoms with Gasteiger partial charge in [-0.2, -0.15) is 0 Å². The van der Waals surface area contributed by atoms with E-state index in [1.165, 1.54) is 70.3 Å². The Hall–Kier alpha value is -1.58. The molecular formula is C19H26FN3. The van der Waals surface area contributed by atoms with Crippen molar-refractivity contribution >= 4 is 17.0 Å². The van der Waals surface area contributed by atoms with Crippen LogP contribution in [0.4, 0.5) is 10.3 Å². The SMILES string of the molecule is Fc1ccc2nc(NC3CCCCC3)n(C3CCCCC3)c2c1. The van der Waals surface area contributed by atoms with Gasteiger partial charge in [0.05, 0.1) is 11.0 Å². The van der Waals surface area contributed by atoms with Crippen molar-refractivity contribution in [2.24, 2.45) is 0 Å². The first-order valence-electron chi connectivity index (χ1n) is 9.25. The summed E-state index contributed by atoms with van der Waals surface area (Å²) in [4.78, 5) is 4.81. The predicted octanol–water partition coefficient (Wildman–Crippen LogP) is 5.43. The molecule has 1 aromatic carbocycles. The number of nitrogens with zero attached hydrogens (tertiary/aromatic N) is 2. The van der Waals surface area contributed by atoms with Gasteiger partial charge in [-0.25, -0.2) is 9.37 Å². The van der Waals surface area contributed by atoms with Crippen molar-refractivity contribution in [2.45, 2.75) is 76.3 Å². The molecule has 1 aromatic heterocycles. The normalized spacial score (nSPS) is 20.9. The number of imidazole rings is 1. The third-order valence-electron chi connectivity index (χ3n) is 5.53. The minimum Gasteiger partial charge on any atom is -0.353 e. The minimum absolute atomic E-state index is 0.168. The lowest BCUT2D eigenvalue weighted by Gasteiger charge is -2.28. The van der Waals surface area contributed by atoms with Crippen LogP contribution in [0.15, 0.2) is 18.2 Å². The summed E-state index contributed by atoms with van der Waals surface area (Å²) >= 11 is 0. The van der Waals surface area contributed by atoms with Crippen LogP contribution in [-0.2, 0) is 0 Å². The van der Waals surface area contributed by atoms with E-state index in [4.69, 9.17) is 4.98 Å². The van der Waals surface area contributed by atoms with Crippen LogP contribution < -0.4 is 5.32 Å². The molecule has 2 aliphatic carbocycles. The van der Waals surface area contributed by atoms with E-state index in [9.17, 15) is 4.39 Å². The van der Waals surface area contributed by atoms with Gasteiger partial charge in [-0.05, 0) is 43.9 Å². The van der Waals surface area contributed by atoms with Gasteiger partial charge in [0.2, 0.25) is 5.95 Å². The fraction of sp³-hybridized carbons (Fsp3) is 0.632. The molecule has 0 bridgehead atoms. The number of benzene rings is 1. The molecule has 0 saturated heterocycles. The Kier molecular flexibility index (Phi) is 4.23. The van der Waals surface area contributed by atoms with E-state index in [2.05, 4.69) is 9.88 Å². The molecule has 0 unspecified atom stereocenters. The number of hydrogen-bond acceptors (Lipinski definition) is 2. The second-order valence-corrected chi connectivity index (χ2v) is 7.21. The Labute approximate surface area is 137 Å². The standard InChI is InChI=1S/C19H26FN3/c20-14-11-12-17-18(13-14)23(16-9-5-2-6-10-16)19(22-17)21-15-7-3-1-4-8-15/h11-13,15-16H,1-10H2,(H,21,22). The zero-order valence-electron chi connectivity index (χ0n) is 13.7. The lowest BCUT2D eigenvalue weighted by atomic mass is 9.94. The van der Waals surface area contributed by atoms with E-state index in [-0.39, 0.29) is 5.82 Å². The molecule has 3 nitrogen and oxygen atoms in total. The van der Waals surface area contributed by atoms with Crippen molar-refractivity contribution in [3.05, 3.63) is 24.0 Å². The lowest BCUT2D eigenvalue weighted by molar-refractivity contribution is 0.360. The van der Waals surface area contributed by atoms with Gasteiger partial charge < -0.3 is 9.88 Å². The molecule has 4 heteroatoms. The maximum absolute atomic E-state index is 13.8. The summed E-state index contributed by atoms with van der Waals surface area (Å²) in [5.74, 6) is 0.795. The Morgan fingerprint density at radius 3 is 2.39 bits per heavy atom. The Balaban J connectivity index is 1.71. The summed E-state index contributed by atoms with van der Waals surface area (Å²) in [6.07, 6.45) is 12.6. The zero-order chi connectivity index (χ0) is 15.6. The molecule has 23 heavy (non-hydrogen) atoms. The fourth-order valence-corrected chi connectivity index (χ4v) is 4.31. The minimum atomic E-state index is -0.168. The van der Waals surface area contributed by atoms with Gasteiger partial charge >= 0.3 is 0 Å². The maximum Gasteiger partial charge on any atom is 0.204 e. The number of rotatable bonds is 3. The molecule has 4 rings (SSSR count). The number of halogens is 1. The van der Waals surface area contributed by atoms with Crippen molar-refractivity contribution in [2.75, 3.05) is 5.32 Å². The number of fused-ring (bicyclic) bond motifs is 1. The van der Waals surface area contributed by atoms with Crippen LogP contribution in [0, 0.1) is 5.82 Å². The summed E-state index contributed by atoms with van der Waals surface area (Å²) < 4.78 is 16.1. The van der Waals surface area contributed by atoms with Crippen molar-refractivity contribution in [3.8, 4) is 0 Å². The molecule has 0 aliphatic heterocycles. The molecule has 0 amide bonds. The van der Waals surface area contributed by atoms with Crippen LogP contribution >= 0.6 is 0 Å². The van der Waals surface area contributed by atoms with E-state index in [1.807, 2.05) is 6.07 Å². The Bertz CT molecular complexity index is 667. The number of hydrogen-bond donors (Lipinski definition) is 1. The number of anilines is 1. The van der Waals surface area contributed by atoms with Crippen molar-refractivity contribution in [1.82, 2.24) is 9.55 Å². The zero-order valence-corrected chi connectivity index (χ0v) is 13.7. The van der Waals surface area contributed by atoms with Gasteiger partial charge in [0, 0.05) is 12.1 Å². The quantitative estimate of drug-likeness (QED) is 0.819. The van der Waals surface area contributed by atoms with Crippen molar-refractivity contribution < 1.29 is 4.39 Å². The highest BCUT2D eigenvalue weighted by molar-refractivity contribution is 5.79. The average Bonchev–Trinajstić information content (AvgIpc) is 2.93. The van der Waals surface area contributed by atoms with Crippen molar-refractivity contribution in [1.29, 1.82) is 0 Å². The second-order valence-electron chi connectivity index (χ2n) is 7.21.